The molecule has 1 aromatic carbocycles. The van der Waals surface area contributed by atoms with Crippen LogP contribution in [0.4, 0.5) is 0 Å². The van der Waals surface area contributed by atoms with E-state index < -0.39 is 0 Å². The second-order valence-electron chi connectivity index (χ2n) is 7.76. The molecule has 8 heteroatoms. The van der Waals surface area contributed by atoms with Crippen LogP contribution in [0.1, 0.15) is 29.5 Å². The topological polar surface area (TPSA) is 98.1 Å². The van der Waals surface area contributed by atoms with Crippen molar-refractivity contribution in [3.8, 4) is 5.75 Å². The smallest absolute Gasteiger partial charge is 0.339 e. The quantitative estimate of drug-likeness (QED) is 0.567. The second-order valence-corrected chi connectivity index (χ2v) is 7.76. The van der Waals surface area contributed by atoms with Crippen molar-refractivity contribution < 1.29 is 23.5 Å². The third-order valence-electron chi connectivity index (χ3n) is 5.55. The molecule has 1 saturated heterocycles. The minimum absolute atomic E-state index is 0.0475. The van der Waals surface area contributed by atoms with E-state index in [1.165, 1.54) is 7.11 Å². The van der Waals surface area contributed by atoms with Crippen LogP contribution in [0, 0.1) is 20.8 Å². The zero-order chi connectivity index (χ0) is 21.8. The maximum Gasteiger partial charge on any atom is 0.339 e. The number of amides is 1. The largest absolute Gasteiger partial charge is 0.483 e. The number of aryl methyl sites for hydroxylation is 2. The van der Waals surface area contributed by atoms with Gasteiger partial charge < -0.3 is 19.2 Å². The number of nitrogens with one attached hydrogen (secondary N) is 1. The van der Waals surface area contributed by atoms with Gasteiger partial charge in [-0.1, -0.05) is 0 Å². The van der Waals surface area contributed by atoms with Crippen molar-refractivity contribution in [2.45, 2.75) is 39.7 Å². The lowest BCUT2D eigenvalue weighted by molar-refractivity contribution is -0.142. The van der Waals surface area contributed by atoms with Gasteiger partial charge in [0.05, 0.1) is 19.0 Å². The Morgan fingerprint density at radius 2 is 1.87 bits per heavy atom. The Labute approximate surface area is 175 Å². The molecule has 0 bridgehead atoms. The van der Waals surface area contributed by atoms with E-state index in [9.17, 15) is 14.4 Å². The van der Waals surface area contributed by atoms with E-state index in [2.05, 4.69) is 10.1 Å². The van der Waals surface area contributed by atoms with Gasteiger partial charge in [-0.25, -0.2) is 4.79 Å². The van der Waals surface area contributed by atoms with Gasteiger partial charge in [-0.3, -0.25) is 14.5 Å². The molecule has 8 nitrogen and oxygen atoms in total. The molecule has 0 unspecified atom stereocenters. The molecule has 1 aromatic heterocycles. The van der Waals surface area contributed by atoms with Gasteiger partial charge in [-0.2, -0.15) is 0 Å². The summed E-state index contributed by atoms with van der Waals surface area (Å²) in [6, 6.07) is 3.68. The molecular weight excluding hydrogens is 388 g/mol. The molecule has 0 radical (unpaired) electrons. The molecule has 3 rings (SSSR count). The van der Waals surface area contributed by atoms with Crippen molar-refractivity contribution in [2.24, 2.45) is 0 Å². The highest BCUT2D eigenvalue weighted by Crippen LogP contribution is 2.30. The van der Waals surface area contributed by atoms with Gasteiger partial charge in [0.1, 0.15) is 11.3 Å². The normalized spacial score (nSPS) is 15.2. The molecular formula is C22H28N2O6. The van der Waals surface area contributed by atoms with Crippen molar-refractivity contribution in [1.29, 1.82) is 0 Å². The number of hydrogen-bond donors (Lipinski definition) is 1. The van der Waals surface area contributed by atoms with Gasteiger partial charge in [0.15, 0.2) is 6.61 Å². The van der Waals surface area contributed by atoms with Gasteiger partial charge in [-0.15, -0.1) is 0 Å². The summed E-state index contributed by atoms with van der Waals surface area (Å²) in [5.41, 5.74) is 2.28. The van der Waals surface area contributed by atoms with Crippen LogP contribution in [-0.2, 0) is 14.3 Å². The summed E-state index contributed by atoms with van der Waals surface area (Å²) in [7, 11) is 1.38. The van der Waals surface area contributed by atoms with Crippen molar-refractivity contribution in [1.82, 2.24) is 10.2 Å². The van der Waals surface area contributed by atoms with Crippen LogP contribution >= 0.6 is 0 Å². The fourth-order valence-corrected chi connectivity index (χ4v) is 3.70. The highest BCUT2D eigenvalue weighted by atomic mass is 16.5. The molecule has 0 spiro atoms. The maximum atomic E-state index is 12.4. The van der Waals surface area contributed by atoms with Crippen LogP contribution in [0.5, 0.6) is 5.75 Å². The van der Waals surface area contributed by atoms with E-state index in [4.69, 9.17) is 9.15 Å². The number of likely N-dealkylation sites (tertiary alicyclic amines) is 1. The fraction of sp³-hybridized carbons (Fsp3) is 0.500. The minimum Gasteiger partial charge on any atom is -0.483 e. The van der Waals surface area contributed by atoms with Crippen LogP contribution in [-0.4, -0.2) is 56.2 Å². The van der Waals surface area contributed by atoms with E-state index in [0.717, 1.165) is 37.1 Å². The summed E-state index contributed by atoms with van der Waals surface area (Å²) in [5.74, 6) is 0.0675. The first-order valence-corrected chi connectivity index (χ1v) is 10.0. The summed E-state index contributed by atoms with van der Waals surface area (Å²) in [6.45, 7) is 7.03. The van der Waals surface area contributed by atoms with E-state index in [-0.39, 0.29) is 36.7 Å². The van der Waals surface area contributed by atoms with E-state index in [0.29, 0.717) is 22.3 Å². The number of fused-ring (bicyclic) bond motifs is 1. The van der Waals surface area contributed by atoms with E-state index in [1.807, 2.05) is 24.8 Å². The summed E-state index contributed by atoms with van der Waals surface area (Å²) in [4.78, 5) is 37.8. The van der Waals surface area contributed by atoms with Crippen molar-refractivity contribution >= 4 is 22.8 Å². The zero-order valence-electron chi connectivity index (χ0n) is 17.9. The fourth-order valence-electron chi connectivity index (χ4n) is 3.70. The molecule has 1 fully saturated rings. The van der Waals surface area contributed by atoms with Gasteiger partial charge in [0.25, 0.3) is 5.91 Å². The van der Waals surface area contributed by atoms with Crippen molar-refractivity contribution in [2.75, 3.05) is 33.4 Å². The SMILES string of the molecule is COC(=O)CN1CCC(NC(=O)COc2cc(C)cc3oc(=O)c(C)c(C)c23)CC1. The number of carbonyl (C=O) groups excluding carboxylic acids is 2. The third-order valence-corrected chi connectivity index (χ3v) is 5.55. The molecule has 2 aromatic rings. The van der Waals surface area contributed by atoms with Crippen molar-refractivity contribution in [3.63, 3.8) is 0 Å². The number of hydrogen-bond acceptors (Lipinski definition) is 7. The Kier molecular flexibility index (Phi) is 6.77. The number of benzene rings is 1. The lowest BCUT2D eigenvalue weighted by Gasteiger charge is -2.31. The number of ether oxygens (including phenoxy) is 2. The highest BCUT2D eigenvalue weighted by Gasteiger charge is 2.22. The highest BCUT2D eigenvalue weighted by molar-refractivity contribution is 5.88. The number of piperidine rings is 1. The van der Waals surface area contributed by atoms with E-state index in [1.54, 1.807) is 13.0 Å². The molecule has 2 heterocycles. The predicted octanol–water partition coefficient (Wildman–Crippen LogP) is 1.85. The van der Waals surface area contributed by atoms with Crippen LogP contribution in [0.2, 0.25) is 0 Å². The third kappa shape index (κ3) is 4.99. The monoisotopic (exact) mass is 416 g/mol. The summed E-state index contributed by atoms with van der Waals surface area (Å²) >= 11 is 0. The van der Waals surface area contributed by atoms with Crippen LogP contribution < -0.4 is 15.7 Å². The number of methoxy groups -OCH3 is 1. The molecule has 1 aliphatic heterocycles. The first-order valence-electron chi connectivity index (χ1n) is 10.0. The molecule has 1 N–H and O–H groups in total. The summed E-state index contributed by atoms with van der Waals surface area (Å²) in [6.07, 6.45) is 1.53. The molecule has 0 aliphatic carbocycles. The summed E-state index contributed by atoms with van der Waals surface area (Å²) < 4.78 is 15.9. The Morgan fingerprint density at radius 3 is 2.53 bits per heavy atom. The zero-order valence-corrected chi connectivity index (χ0v) is 17.9. The number of rotatable bonds is 6. The van der Waals surface area contributed by atoms with E-state index >= 15 is 0 Å². The standard InChI is InChI=1S/C22H28N2O6/c1-13-9-17(21-14(2)15(3)22(27)30-18(21)10-13)29-12-19(25)23-16-5-7-24(8-6-16)11-20(26)28-4/h9-10,16H,5-8,11-12H2,1-4H3,(H,23,25). The van der Waals surface area contributed by atoms with Crippen LogP contribution in [0.15, 0.2) is 21.3 Å². The molecule has 1 amide bonds. The molecule has 1 aliphatic rings. The molecule has 162 valence electrons. The Balaban J connectivity index is 1.60. The van der Waals surface area contributed by atoms with Gasteiger partial charge in [0.2, 0.25) is 0 Å². The first kappa shape index (κ1) is 21.8. The second kappa shape index (κ2) is 9.30. The lowest BCUT2D eigenvalue weighted by atomic mass is 10.0. The van der Waals surface area contributed by atoms with Gasteiger partial charge in [0, 0.05) is 24.7 Å². The Bertz CT molecular complexity index is 1000. The summed E-state index contributed by atoms with van der Waals surface area (Å²) in [5, 5.41) is 3.70. The first-order chi connectivity index (χ1) is 14.3. The Morgan fingerprint density at radius 1 is 1.17 bits per heavy atom. The van der Waals surface area contributed by atoms with Crippen LogP contribution in [0.25, 0.3) is 11.0 Å². The lowest BCUT2D eigenvalue weighted by Crippen LogP contribution is -2.47. The van der Waals surface area contributed by atoms with Crippen LogP contribution in [0.3, 0.4) is 0 Å². The predicted molar refractivity (Wildman–Crippen MR) is 112 cm³/mol. The van der Waals surface area contributed by atoms with Gasteiger partial charge >= 0.3 is 11.6 Å². The van der Waals surface area contributed by atoms with Gasteiger partial charge in [-0.05, 0) is 56.9 Å². The molecule has 0 atom stereocenters. The number of nitrogens with zero attached hydrogens (tertiary/aromatic N) is 1. The number of carbonyl (C=O) groups is 2. The molecule has 30 heavy (non-hydrogen) atoms. The molecule has 0 saturated carbocycles. The van der Waals surface area contributed by atoms with Crippen molar-refractivity contribution in [3.05, 3.63) is 39.2 Å². The maximum absolute atomic E-state index is 12.4. The Hall–Kier alpha value is -2.87. The average molecular weight is 416 g/mol. The number of esters is 1. The average Bonchev–Trinajstić information content (AvgIpc) is 2.71. The minimum atomic E-state index is -0.368.